The maximum atomic E-state index is 10.0. The van der Waals surface area contributed by atoms with E-state index in [1.807, 2.05) is 18.2 Å². The van der Waals surface area contributed by atoms with Gasteiger partial charge in [-0.1, -0.05) is 30.3 Å². The molecule has 4 heteroatoms. The van der Waals surface area contributed by atoms with Crippen LogP contribution in [0.3, 0.4) is 0 Å². The molecule has 0 aromatic heterocycles. The van der Waals surface area contributed by atoms with Crippen molar-refractivity contribution in [1.29, 1.82) is 0 Å². The topological polar surface area (TPSA) is 101 Å². The fraction of sp³-hybridized carbons (Fsp3) is 0. The molecule has 0 aliphatic carbocycles. The minimum atomic E-state index is 0. The lowest BCUT2D eigenvalue weighted by Gasteiger charge is -1.81. The van der Waals surface area contributed by atoms with E-state index in [9.17, 15) is 4.79 Å². The maximum Gasteiger partial charge on any atom is 0.150 e. The first-order chi connectivity index (χ1) is 4.93. The first-order valence-corrected chi connectivity index (χ1v) is 2.77. The number of aldehydes is 1. The largest absolute Gasteiger partial charge is 0.412 e. The first-order valence-electron chi connectivity index (χ1n) is 2.77. The molecule has 0 amide bonds. The van der Waals surface area contributed by atoms with Gasteiger partial charge in [-0.15, -0.1) is 0 Å². The number of benzene rings is 1. The zero-order chi connectivity index (χ0) is 7.82. The van der Waals surface area contributed by atoms with Gasteiger partial charge >= 0.3 is 0 Å². The Kier molecular flexibility index (Phi) is 9.92. The number of hydrogen-bond donors (Lipinski definition) is 2. The molecule has 0 bridgehead atoms. The normalized spacial score (nSPS) is 6.73. The zero-order valence-corrected chi connectivity index (χ0v) is 6.03. The van der Waals surface area contributed by atoms with Crippen LogP contribution in [-0.4, -0.2) is 11.8 Å². The van der Waals surface area contributed by atoms with E-state index in [4.69, 9.17) is 0 Å². The lowest BCUT2D eigenvalue weighted by atomic mass is 10.2. The monoisotopic (exact) mass is 156 g/mol. The van der Waals surface area contributed by atoms with Gasteiger partial charge in [0.15, 0.2) is 0 Å². The van der Waals surface area contributed by atoms with Crippen LogP contribution in [0.1, 0.15) is 10.4 Å². The van der Waals surface area contributed by atoms with Gasteiger partial charge in [0.05, 0.1) is 0 Å². The summed E-state index contributed by atoms with van der Waals surface area (Å²) in [7, 11) is 0. The Labute approximate surface area is 65.1 Å². The fourth-order valence-corrected chi connectivity index (χ4v) is 0.532. The van der Waals surface area contributed by atoms with E-state index in [0.717, 1.165) is 11.8 Å². The molecular formula is C7H12N2O2. The van der Waals surface area contributed by atoms with Gasteiger partial charge in [-0.2, -0.15) is 0 Å². The molecule has 0 heterocycles. The Balaban J connectivity index is 0. The lowest BCUT2D eigenvalue weighted by Crippen LogP contribution is -2.02. The van der Waals surface area contributed by atoms with Crippen LogP contribution in [-0.2, 0) is 0 Å². The van der Waals surface area contributed by atoms with Crippen molar-refractivity contribution >= 4 is 6.29 Å². The Hall–Kier alpha value is -1.23. The molecule has 0 spiro atoms. The summed E-state index contributed by atoms with van der Waals surface area (Å²) in [5.41, 5.74) is 0.729. The van der Waals surface area contributed by atoms with Crippen molar-refractivity contribution in [2.45, 2.75) is 0 Å². The summed E-state index contributed by atoms with van der Waals surface area (Å²) in [4.78, 5) is 10.0. The van der Waals surface area contributed by atoms with Crippen LogP contribution < -0.4 is 11.7 Å². The highest BCUT2D eigenvalue weighted by atomic mass is 16.1. The molecule has 0 saturated carbocycles. The second-order valence-corrected chi connectivity index (χ2v) is 1.53. The molecule has 4 nitrogen and oxygen atoms in total. The van der Waals surface area contributed by atoms with Crippen molar-refractivity contribution in [2.24, 2.45) is 11.7 Å². The summed E-state index contributed by atoms with van der Waals surface area (Å²) in [6.07, 6.45) is 0.833. The Bertz CT molecular complexity index is 177. The highest BCUT2D eigenvalue weighted by Crippen LogP contribution is 1.91. The second kappa shape index (κ2) is 8.77. The third-order valence-corrected chi connectivity index (χ3v) is 0.936. The first kappa shape index (κ1) is 12.4. The minimum absolute atomic E-state index is 0. The molecule has 1 rings (SSSR count). The van der Waals surface area contributed by atoms with Crippen molar-refractivity contribution in [1.82, 2.24) is 0 Å². The number of rotatable bonds is 1. The van der Waals surface area contributed by atoms with E-state index in [0.29, 0.717) is 0 Å². The number of carbonyl (C=O) groups is 1. The van der Waals surface area contributed by atoms with Crippen LogP contribution in [0.2, 0.25) is 0 Å². The molecule has 0 radical (unpaired) electrons. The quantitative estimate of drug-likeness (QED) is 0.325. The number of nitrogens with two attached hydrogens (primary N) is 2. The molecule has 0 saturated heterocycles. The smallest absolute Gasteiger partial charge is 0.150 e. The molecule has 1 aromatic carbocycles. The SMILES string of the molecule is NN.O.O=Cc1ccccc1. The van der Waals surface area contributed by atoms with Gasteiger partial charge in [0.1, 0.15) is 6.29 Å². The van der Waals surface area contributed by atoms with Crippen LogP contribution in [0, 0.1) is 0 Å². The second-order valence-electron chi connectivity index (χ2n) is 1.53. The lowest BCUT2D eigenvalue weighted by molar-refractivity contribution is 0.112. The van der Waals surface area contributed by atoms with Gasteiger partial charge < -0.3 is 5.48 Å². The van der Waals surface area contributed by atoms with E-state index in [1.165, 1.54) is 0 Å². The molecule has 1 aromatic rings. The molecule has 0 unspecified atom stereocenters. The van der Waals surface area contributed by atoms with Crippen molar-refractivity contribution in [2.75, 3.05) is 0 Å². The molecule has 11 heavy (non-hydrogen) atoms. The van der Waals surface area contributed by atoms with Gasteiger partial charge in [-0.3, -0.25) is 16.5 Å². The Morgan fingerprint density at radius 3 is 1.82 bits per heavy atom. The average Bonchev–Trinajstić information content (AvgIpc) is 2.10. The molecular weight excluding hydrogens is 144 g/mol. The predicted molar refractivity (Wildman–Crippen MR) is 43.8 cm³/mol. The van der Waals surface area contributed by atoms with Crippen molar-refractivity contribution in [3.05, 3.63) is 35.9 Å². The maximum absolute atomic E-state index is 10.0. The third kappa shape index (κ3) is 5.23. The van der Waals surface area contributed by atoms with Crippen LogP contribution in [0.25, 0.3) is 0 Å². The number of hydrogen-bond acceptors (Lipinski definition) is 3. The van der Waals surface area contributed by atoms with E-state index >= 15 is 0 Å². The molecule has 0 fully saturated rings. The van der Waals surface area contributed by atoms with Crippen LogP contribution >= 0.6 is 0 Å². The van der Waals surface area contributed by atoms with Crippen molar-refractivity contribution < 1.29 is 10.3 Å². The third-order valence-electron chi connectivity index (χ3n) is 0.936. The van der Waals surface area contributed by atoms with Gasteiger partial charge in [0, 0.05) is 5.56 Å². The van der Waals surface area contributed by atoms with E-state index in [-0.39, 0.29) is 5.48 Å². The van der Waals surface area contributed by atoms with E-state index in [2.05, 4.69) is 11.7 Å². The average molecular weight is 156 g/mol. The highest BCUT2D eigenvalue weighted by molar-refractivity contribution is 5.74. The van der Waals surface area contributed by atoms with Crippen molar-refractivity contribution in [3.8, 4) is 0 Å². The summed E-state index contributed by atoms with van der Waals surface area (Å²) in [5.74, 6) is 8.00. The molecule has 0 atom stereocenters. The van der Waals surface area contributed by atoms with Crippen LogP contribution in [0.15, 0.2) is 30.3 Å². The summed E-state index contributed by atoms with van der Waals surface area (Å²) in [6.45, 7) is 0. The van der Waals surface area contributed by atoms with Gasteiger partial charge in [-0.25, -0.2) is 0 Å². The van der Waals surface area contributed by atoms with Crippen LogP contribution in [0.5, 0.6) is 0 Å². The molecule has 6 N–H and O–H groups in total. The zero-order valence-electron chi connectivity index (χ0n) is 6.03. The van der Waals surface area contributed by atoms with E-state index in [1.54, 1.807) is 12.1 Å². The summed E-state index contributed by atoms with van der Waals surface area (Å²) in [5, 5.41) is 0. The predicted octanol–water partition coefficient (Wildman–Crippen LogP) is -0.507. The van der Waals surface area contributed by atoms with Gasteiger partial charge in [-0.05, 0) is 0 Å². The van der Waals surface area contributed by atoms with E-state index < -0.39 is 0 Å². The standard InChI is InChI=1S/C7H6O.H4N2.H2O/c8-6-7-4-2-1-3-5-7;1-2;/h1-6H;1-2H2;1H2. The molecule has 0 aliphatic rings. The molecule has 62 valence electrons. The highest BCUT2D eigenvalue weighted by Gasteiger charge is 1.79. The Morgan fingerprint density at radius 2 is 1.55 bits per heavy atom. The summed E-state index contributed by atoms with van der Waals surface area (Å²) >= 11 is 0. The Morgan fingerprint density at radius 1 is 1.09 bits per heavy atom. The molecule has 0 aliphatic heterocycles. The fourth-order valence-electron chi connectivity index (χ4n) is 0.532. The van der Waals surface area contributed by atoms with Crippen LogP contribution in [0.4, 0.5) is 0 Å². The summed E-state index contributed by atoms with van der Waals surface area (Å²) < 4.78 is 0. The summed E-state index contributed by atoms with van der Waals surface area (Å²) in [6, 6.07) is 9.10. The van der Waals surface area contributed by atoms with Gasteiger partial charge in [0.25, 0.3) is 0 Å². The van der Waals surface area contributed by atoms with Crippen molar-refractivity contribution in [3.63, 3.8) is 0 Å². The number of hydrazine groups is 1. The minimum Gasteiger partial charge on any atom is -0.412 e. The van der Waals surface area contributed by atoms with Gasteiger partial charge in [0.2, 0.25) is 0 Å². The number of carbonyl (C=O) groups excluding carboxylic acids is 1.